The lowest BCUT2D eigenvalue weighted by molar-refractivity contribution is -0.991. The summed E-state index contributed by atoms with van der Waals surface area (Å²) < 4.78 is 6.16. The summed E-state index contributed by atoms with van der Waals surface area (Å²) >= 11 is 9.37. The first kappa shape index (κ1) is 21.6. The van der Waals surface area contributed by atoms with E-state index in [0.717, 1.165) is 0 Å². The molecule has 0 aliphatic carbocycles. The van der Waals surface area contributed by atoms with Gasteiger partial charge in [-0.15, -0.1) is 0 Å². The van der Waals surface area contributed by atoms with Crippen LogP contribution in [0.2, 0.25) is 5.02 Å². The Hall–Kier alpha value is -3.09. The van der Waals surface area contributed by atoms with Crippen molar-refractivity contribution in [1.82, 2.24) is 15.3 Å². The van der Waals surface area contributed by atoms with Crippen molar-refractivity contribution in [2.75, 3.05) is 5.32 Å². The third kappa shape index (κ3) is 5.49. The molecule has 4 N–H and O–H groups in total. The van der Waals surface area contributed by atoms with Crippen molar-refractivity contribution in [1.29, 1.82) is 0 Å². The van der Waals surface area contributed by atoms with E-state index in [4.69, 9.17) is 21.5 Å². The summed E-state index contributed by atoms with van der Waals surface area (Å²) in [5.74, 6) is -0.597. The predicted molar refractivity (Wildman–Crippen MR) is 110 cm³/mol. The van der Waals surface area contributed by atoms with Gasteiger partial charge in [0.25, 0.3) is 5.91 Å². The Balaban J connectivity index is 1.65. The number of hydrogen-bond donors (Lipinski definition) is 4. The van der Waals surface area contributed by atoms with E-state index in [2.05, 4.69) is 36.5 Å². The molecule has 3 rings (SSSR count). The number of anilines is 1. The smallest absolute Gasteiger partial charge is 0.326 e. The largest absolute Gasteiger partial charge is 0.595 e. The summed E-state index contributed by atoms with van der Waals surface area (Å²) in [4.78, 5) is 32.3. The van der Waals surface area contributed by atoms with Crippen LogP contribution in [0.3, 0.4) is 0 Å². The number of rotatable bonds is 5. The van der Waals surface area contributed by atoms with Gasteiger partial charge in [-0.25, -0.2) is 20.0 Å². The lowest BCUT2D eigenvalue weighted by atomic mass is 10.1. The Bertz CT molecular complexity index is 1080. The summed E-state index contributed by atoms with van der Waals surface area (Å²) in [5.41, 5.74) is -0.0835. The summed E-state index contributed by atoms with van der Waals surface area (Å²) in [7, 11) is 0. The highest BCUT2D eigenvalue weighted by Gasteiger charge is 2.18. The zero-order valence-corrected chi connectivity index (χ0v) is 17.3. The van der Waals surface area contributed by atoms with Gasteiger partial charge in [0, 0.05) is 24.1 Å². The number of halogens is 2. The van der Waals surface area contributed by atoms with E-state index < -0.39 is 17.2 Å². The fourth-order valence-corrected chi connectivity index (χ4v) is 2.74. The molecule has 1 aromatic heterocycles. The van der Waals surface area contributed by atoms with Gasteiger partial charge in [0.15, 0.2) is 5.69 Å². The van der Waals surface area contributed by atoms with Crippen LogP contribution in [0.1, 0.15) is 10.4 Å². The molecule has 10 nitrogen and oxygen atoms in total. The molecule has 30 heavy (non-hydrogen) atoms. The molecule has 0 aliphatic rings. The van der Waals surface area contributed by atoms with Crippen LogP contribution in [-0.2, 0) is 0 Å². The van der Waals surface area contributed by atoms with Gasteiger partial charge in [0.1, 0.15) is 11.3 Å². The molecule has 0 aliphatic heterocycles. The van der Waals surface area contributed by atoms with E-state index in [1.807, 2.05) is 0 Å². The molecule has 2 aromatic carbocycles. The molecular formula is C18H13BrClN5O5. The molecule has 0 saturated carbocycles. The zero-order valence-electron chi connectivity index (χ0n) is 14.9. The molecule has 1 unspecified atom stereocenters. The number of para-hydroxylation sites is 1. The van der Waals surface area contributed by atoms with Gasteiger partial charge in [-0.2, -0.15) is 5.23 Å². The number of imide groups is 1. The normalized spacial score (nSPS) is 11.5. The number of ether oxygens (including phenoxy) is 1. The van der Waals surface area contributed by atoms with Crippen LogP contribution >= 0.6 is 27.5 Å². The molecule has 1 heterocycles. The van der Waals surface area contributed by atoms with Gasteiger partial charge in [-0.1, -0.05) is 23.7 Å². The highest BCUT2D eigenvalue weighted by atomic mass is 79.9. The average molecular weight is 495 g/mol. The quantitative estimate of drug-likeness (QED) is 0.399. The summed E-state index contributed by atoms with van der Waals surface area (Å²) in [6.07, 6.45) is 3.02. The standard InChI is InChI=1S/C18H13BrClN5O5/c19-10-8-21-18(22-9-10)30-15-6-5-11(7-13(15)20)23-17(27)24-16(26)12-3-1-2-4-14(12)25(28)29/h1-9,25,28H,(H2,23,24,26,27). The minimum Gasteiger partial charge on any atom is -0.595 e. The van der Waals surface area contributed by atoms with Gasteiger partial charge in [-0.05, 0) is 40.2 Å². The number of nitrogens with zero attached hydrogens (tertiary/aromatic N) is 2. The SMILES string of the molecule is O=C(NC(=O)c1ccccc1[NH+]([O-])O)Nc1ccc(Oc2ncc(Br)cn2)c(Cl)c1. The van der Waals surface area contributed by atoms with Crippen LogP contribution in [0.25, 0.3) is 0 Å². The van der Waals surface area contributed by atoms with Crippen LogP contribution in [0.5, 0.6) is 11.8 Å². The van der Waals surface area contributed by atoms with Crippen LogP contribution < -0.4 is 20.6 Å². The first-order valence-corrected chi connectivity index (χ1v) is 9.40. The molecule has 3 aromatic rings. The van der Waals surface area contributed by atoms with Crippen LogP contribution in [0, 0.1) is 5.21 Å². The molecule has 12 heteroatoms. The van der Waals surface area contributed by atoms with Gasteiger partial charge in [-0.3, -0.25) is 10.1 Å². The van der Waals surface area contributed by atoms with Crippen molar-refractivity contribution in [2.24, 2.45) is 0 Å². The first-order chi connectivity index (χ1) is 14.3. The Morgan fingerprint density at radius 1 is 1.17 bits per heavy atom. The molecule has 1 atom stereocenters. The van der Waals surface area contributed by atoms with Crippen molar-refractivity contribution in [3.8, 4) is 11.8 Å². The van der Waals surface area contributed by atoms with E-state index >= 15 is 0 Å². The van der Waals surface area contributed by atoms with Crippen molar-refractivity contribution in [3.63, 3.8) is 0 Å². The van der Waals surface area contributed by atoms with E-state index in [-0.39, 0.29) is 33.7 Å². The second-order valence-electron chi connectivity index (χ2n) is 5.69. The molecule has 0 spiro atoms. The zero-order chi connectivity index (χ0) is 21.7. The monoisotopic (exact) mass is 493 g/mol. The predicted octanol–water partition coefficient (Wildman–Crippen LogP) is 3.05. The first-order valence-electron chi connectivity index (χ1n) is 8.23. The minimum atomic E-state index is -1.28. The van der Waals surface area contributed by atoms with Gasteiger partial charge in [0.2, 0.25) is 0 Å². The van der Waals surface area contributed by atoms with Crippen molar-refractivity contribution < 1.29 is 24.8 Å². The van der Waals surface area contributed by atoms with Crippen molar-refractivity contribution in [3.05, 3.63) is 75.1 Å². The van der Waals surface area contributed by atoms with E-state index in [1.54, 1.807) is 0 Å². The highest BCUT2D eigenvalue weighted by molar-refractivity contribution is 9.10. The molecule has 0 saturated heterocycles. The summed E-state index contributed by atoms with van der Waals surface area (Å²) in [5, 5.41) is 23.7. The number of amides is 3. The molecular weight excluding hydrogens is 482 g/mol. The maximum absolute atomic E-state index is 12.2. The fraction of sp³-hybridized carbons (Fsp3) is 0. The van der Waals surface area contributed by atoms with E-state index in [0.29, 0.717) is 4.47 Å². The topological polar surface area (TPSA) is 141 Å². The Kier molecular flexibility index (Phi) is 6.92. The minimum absolute atomic E-state index is 0.0845. The Labute approximate surface area is 183 Å². The maximum atomic E-state index is 12.2. The molecule has 0 radical (unpaired) electrons. The number of carbonyl (C=O) groups is 2. The number of benzene rings is 2. The van der Waals surface area contributed by atoms with E-state index in [9.17, 15) is 14.8 Å². The van der Waals surface area contributed by atoms with E-state index in [1.165, 1.54) is 54.9 Å². The number of nitrogens with one attached hydrogen (secondary N) is 3. The highest BCUT2D eigenvalue weighted by Crippen LogP contribution is 2.30. The number of carbonyl (C=O) groups excluding carboxylic acids is 2. The van der Waals surface area contributed by atoms with Gasteiger partial charge in [0.05, 0.1) is 9.50 Å². The fourth-order valence-electron chi connectivity index (χ4n) is 2.31. The molecule has 154 valence electrons. The Morgan fingerprint density at radius 2 is 1.87 bits per heavy atom. The molecule has 3 amide bonds. The molecule has 0 bridgehead atoms. The van der Waals surface area contributed by atoms with Crippen LogP contribution in [-0.4, -0.2) is 27.1 Å². The second-order valence-corrected chi connectivity index (χ2v) is 7.01. The number of aromatic nitrogens is 2. The average Bonchev–Trinajstić information content (AvgIpc) is 2.71. The lowest BCUT2D eigenvalue weighted by Crippen LogP contribution is -2.99. The number of hydrogen-bond acceptors (Lipinski definition) is 7. The van der Waals surface area contributed by atoms with Gasteiger partial charge < -0.3 is 15.3 Å². The maximum Gasteiger partial charge on any atom is 0.326 e. The lowest BCUT2D eigenvalue weighted by Gasteiger charge is -2.15. The van der Waals surface area contributed by atoms with Crippen LogP contribution in [0.15, 0.2) is 59.3 Å². The third-order valence-corrected chi connectivity index (χ3v) is 4.32. The second kappa shape index (κ2) is 9.61. The summed E-state index contributed by atoms with van der Waals surface area (Å²) in [6.45, 7) is 0. The summed E-state index contributed by atoms with van der Waals surface area (Å²) in [6, 6.07) is 9.16. The van der Waals surface area contributed by atoms with Gasteiger partial charge >= 0.3 is 12.0 Å². The van der Waals surface area contributed by atoms with Crippen molar-refractivity contribution >= 4 is 50.8 Å². The Morgan fingerprint density at radius 3 is 2.53 bits per heavy atom. The van der Waals surface area contributed by atoms with Crippen molar-refractivity contribution in [2.45, 2.75) is 0 Å². The number of quaternary nitrogens is 1. The number of urea groups is 1. The molecule has 0 fully saturated rings. The third-order valence-electron chi connectivity index (χ3n) is 3.62. The van der Waals surface area contributed by atoms with Crippen LogP contribution in [0.4, 0.5) is 16.2 Å².